The van der Waals surface area contributed by atoms with Crippen molar-refractivity contribution >= 4 is 39.1 Å². The highest BCUT2D eigenvalue weighted by atomic mass is 32.2. The number of para-hydroxylation sites is 2. The lowest BCUT2D eigenvalue weighted by Crippen LogP contribution is -2.37. The van der Waals surface area contributed by atoms with Crippen molar-refractivity contribution in [3.8, 4) is 5.75 Å². The number of non-ortho nitro benzene ring substituents is 1. The third kappa shape index (κ3) is 5.99. The predicted molar refractivity (Wildman–Crippen MR) is 131 cm³/mol. The van der Waals surface area contributed by atoms with E-state index >= 15 is 0 Å². The van der Waals surface area contributed by atoms with Crippen LogP contribution in [0.4, 0.5) is 17.1 Å². The van der Waals surface area contributed by atoms with Gasteiger partial charge in [-0.25, -0.2) is 8.42 Å². The summed E-state index contributed by atoms with van der Waals surface area (Å²) in [5, 5.41) is 14.7. The molecule has 0 aromatic heterocycles. The van der Waals surface area contributed by atoms with E-state index in [-0.39, 0.29) is 22.8 Å². The van der Waals surface area contributed by atoms with Gasteiger partial charge in [0.2, 0.25) is 5.91 Å². The number of nitro groups is 1. The summed E-state index contributed by atoms with van der Waals surface area (Å²) < 4.78 is 32.8. The van der Waals surface area contributed by atoms with Gasteiger partial charge in [0.1, 0.15) is 12.3 Å². The van der Waals surface area contributed by atoms with Crippen molar-refractivity contribution in [3.05, 3.63) is 99.4 Å². The highest BCUT2D eigenvalue weighted by Gasteiger charge is 2.26. The first kappa shape index (κ1) is 24.5. The Morgan fingerprint density at radius 2 is 1.76 bits per heavy atom. The molecule has 0 unspecified atom stereocenters. The molecular weight excluding hydrogens is 458 g/mol. The van der Waals surface area contributed by atoms with E-state index in [1.54, 1.807) is 49.4 Å². The van der Waals surface area contributed by atoms with Crippen molar-refractivity contribution in [2.75, 3.05) is 23.3 Å². The summed E-state index contributed by atoms with van der Waals surface area (Å²) in [5.41, 5.74) is 1.46. The van der Waals surface area contributed by atoms with Crippen LogP contribution in [0.5, 0.6) is 5.75 Å². The Morgan fingerprint density at radius 3 is 2.44 bits per heavy atom. The summed E-state index contributed by atoms with van der Waals surface area (Å²) in [7, 11) is -2.72. The predicted octanol–water partition coefficient (Wildman–Crippen LogP) is 4.36. The lowest BCUT2D eigenvalue weighted by atomic mass is 10.2. The summed E-state index contributed by atoms with van der Waals surface area (Å²) in [5.74, 6) is -0.412. The summed E-state index contributed by atoms with van der Waals surface area (Å²) in [4.78, 5) is 23.4. The average Bonchev–Trinajstić information content (AvgIpc) is 2.83. The maximum absolute atomic E-state index is 13.3. The fourth-order valence-electron chi connectivity index (χ4n) is 3.13. The number of amides is 1. The number of nitrogens with one attached hydrogen (secondary N) is 1. The molecular formula is C24H23N3O6S. The molecule has 0 aliphatic carbocycles. The number of methoxy groups -OCH3 is 1. The van der Waals surface area contributed by atoms with Gasteiger partial charge in [-0.1, -0.05) is 48.5 Å². The smallest absolute Gasteiger partial charge is 0.271 e. The Labute approximate surface area is 197 Å². The van der Waals surface area contributed by atoms with Crippen LogP contribution in [0.2, 0.25) is 0 Å². The van der Waals surface area contributed by atoms with Gasteiger partial charge in [0, 0.05) is 12.1 Å². The second-order valence-corrected chi connectivity index (χ2v) is 8.98. The minimum atomic E-state index is -4.12. The quantitative estimate of drug-likeness (QED) is 0.358. The molecule has 176 valence electrons. The molecule has 9 nitrogen and oxygen atoms in total. The van der Waals surface area contributed by atoms with Crippen molar-refractivity contribution in [3.63, 3.8) is 0 Å². The number of rotatable bonds is 9. The minimum Gasteiger partial charge on any atom is -0.495 e. The Hall–Kier alpha value is -4.18. The number of carbonyl (C=O) groups is 1. The summed E-state index contributed by atoms with van der Waals surface area (Å²) in [6.45, 7) is 1.10. The van der Waals surface area contributed by atoms with Crippen LogP contribution in [-0.2, 0) is 14.8 Å². The molecule has 0 atom stereocenters. The first-order valence-corrected chi connectivity index (χ1v) is 11.7. The van der Waals surface area contributed by atoms with E-state index in [9.17, 15) is 23.3 Å². The number of ether oxygens (including phenoxy) is 1. The van der Waals surface area contributed by atoms with E-state index in [4.69, 9.17) is 4.74 Å². The van der Waals surface area contributed by atoms with Gasteiger partial charge in [0.25, 0.3) is 15.7 Å². The van der Waals surface area contributed by atoms with E-state index in [0.717, 1.165) is 9.71 Å². The van der Waals surface area contributed by atoms with Gasteiger partial charge in [-0.2, -0.15) is 0 Å². The number of benzene rings is 3. The lowest BCUT2D eigenvalue weighted by molar-refractivity contribution is -0.384. The maximum atomic E-state index is 13.3. The molecule has 0 radical (unpaired) electrons. The topological polar surface area (TPSA) is 119 Å². The molecule has 1 N–H and O–H groups in total. The summed E-state index contributed by atoms with van der Waals surface area (Å²) >= 11 is 0. The standard InChI is InChI=1S/C24H23N3O6S/c1-18-12-13-20(27(29)30)16-21(18)25-24(28)17-26(22-10-6-7-11-23(22)33-2)34(31,32)15-14-19-8-4-3-5-9-19/h3-16H,17H2,1-2H3,(H,25,28)/b15-14+. The van der Waals surface area contributed by atoms with Crippen LogP contribution < -0.4 is 14.4 Å². The number of nitro benzene ring substituents is 1. The van der Waals surface area contributed by atoms with Crippen molar-refractivity contribution < 1.29 is 22.9 Å². The maximum Gasteiger partial charge on any atom is 0.271 e. The molecule has 3 rings (SSSR count). The zero-order chi connectivity index (χ0) is 24.7. The molecule has 0 bridgehead atoms. The second-order valence-electron chi connectivity index (χ2n) is 7.24. The first-order valence-electron chi connectivity index (χ1n) is 10.1. The average molecular weight is 482 g/mol. The zero-order valence-electron chi connectivity index (χ0n) is 18.5. The Bertz CT molecular complexity index is 1320. The fraction of sp³-hybridized carbons (Fsp3) is 0.125. The molecule has 0 fully saturated rings. The van der Waals surface area contributed by atoms with Crippen molar-refractivity contribution in [1.82, 2.24) is 0 Å². The van der Waals surface area contributed by atoms with Crippen molar-refractivity contribution in [2.24, 2.45) is 0 Å². The highest BCUT2D eigenvalue weighted by molar-refractivity contribution is 7.95. The van der Waals surface area contributed by atoms with Crippen LogP contribution >= 0.6 is 0 Å². The number of hydrogen-bond acceptors (Lipinski definition) is 6. The van der Waals surface area contributed by atoms with Crippen LogP contribution in [-0.4, -0.2) is 32.9 Å². The van der Waals surface area contributed by atoms with E-state index in [2.05, 4.69) is 5.32 Å². The number of sulfonamides is 1. The van der Waals surface area contributed by atoms with Gasteiger partial charge in [0.15, 0.2) is 0 Å². The normalized spacial score (nSPS) is 11.2. The monoisotopic (exact) mass is 481 g/mol. The molecule has 0 aliphatic rings. The first-order chi connectivity index (χ1) is 16.2. The minimum absolute atomic E-state index is 0.175. The highest BCUT2D eigenvalue weighted by Crippen LogP contribution is 2.31. The number of hydrogen-bond donors (Lipinski definition) is 1. The molecule has 10 heteroatoms. The van der Waals surface area contributed by atoms with E-state index in [1.165, 1.54) is 37.5 Å². The van der Waals surface area contributed by atoms with E-state index in [0.29, 0.717) is 11.1 Å². The largest absolute Gasteiger partial charge is 0.495 e. The third-order valence-corrected chi connectivity index (χ3v) is 6.31. The lowest BCUT2D eigenvalue weighted by Gasteiger charge is -2.24. The number of aryl methyl sites for hydroxylation is 1. The molecule has 0 heterocycles. The number of nitrogens with zero attached hydrogens (tertiary/aromatic N) is 2. The molecule has 3 aromatic carbocycles. The number of anilines is 2. The van der Waals surface area contributed by atoms with Crippen LogP contribution in [0.1, 0.15) is 11.1 Å². The molecule has 0 saturated carbocycles. The second kappa shape index (κ2) is 10.6. The SMILES string of the molecule is COc1ccccc1N(CC(=O)Nc1cc([N+](=O)[O-])ccc1C)S(=O)(=O)/C=C/c1ccccc1. The molecule has 0 spiro atoms. The Kier molecular flexibility index (Phi) is 7.64. The number of carbonyl (C=O) groups excluding carboxylic acids is 1. The molecule has 1 amide bonds. The summed E-state index contributed by atoms with van der Waals surface area (Å²) in [6, 6.07) is 19.3. The van der Waals surface area contributed by atoms with Gasteiger partial charge in [-0.05, 0) is 36.3 Å². The fourth-order valence-corrected chi connectivity index (χ4v) is 4.33. The van der Waals surface area contributed by atoms with Gasteiger partial charge in [-0.3, -0.25) is 19.2 Å². The van der Waals surface area contributed by atoms with Gasteiger partial charge < -0.3 is 10.1 Å². The molecule has 34 heavy (non-hydrogen) atoms. The Balaban J connectivity index is 1.95. The van der Waals surface area contributed by atoms with Gasteiger partial charge in [-0.15, -0.1) is 0 Å². The van der Waals surface area contributed by atoms with Gasteiger partial charge in [0.05, 0.1) is 28.8 Å². The molecule has 3 aromatic rings. The van der Waals surface area contributed by atoms with Crippen LogP contribution in [0.15, 0.2) is 78.2 Å². The Morgan fingerprint density at radius 1 is 1.09 bits per heavy atom. The third-order valence-electron chi connectivity index (χ3n) is 4.89. The van der Waals surface area contributed by atoms with Crippen LogP contribution in [0, 0.1) is 17.0 Å². The summed E-state index contributed by atoms with van der Waals surface area (Å²) in [6.07, 6.45) is 1.43. The molecule has 0 aliphatic heterocycles. The van der Waals surface area contributed by atoms with Crippen LogP contribution in [0.25, 0.3) is 6.08 Å². The van der Waals surface area contributed by atoms with Gasteiger partial charge >= 0.3 is 0 Å². The van der Waals surface area contributed by atoms with Crippen molar-refractivity contribution in [1.29, 1.82) is 0 Å². The molecule has 0 saturated heterocycles. The van der Waals surface area contributed by atoms with E-state index in [1.807, 2.05) is 6.07 Å². The van der Waals surface area contributed by atoms with Crippen molar-refractivity contribution in [2.45, 2.75) is 6.92 Å². The van der Waals surface area contributed by atoms with E-state index < -0.39 is 27.4 Å². The zero-order valence-corrected chi connectivity index (χ0v) is 19.4. The van der Waals surface area contributed by atoms with Crippen LogP contribution in [0.3, 0.4) is 0 Å².